The molecule has 2 atom stereocenters. The van der Waals surface area contributed by atoms with E-state index in [1.54, 1.807) is 22.3 Å². The number of tetrazole rings is 1. The van der Waals surface area contributed by atoms with Crippen molar-refractivity contribution in [2.24, 2.45) is 0 Å². The number of aliphatic hydroxyl groups is 1. The molecule has 1 saturated heterocycles. The van der Waals surface area contributed by atoms with Crippen molar-refractivity contribution in [1.82, 2.24) is 25.5 Å². The van der Waals surface area contributed by atoms with Crippen LogP contribution >= 0.6 is 11.3 Å². The lowest BCUT2D eigenvalue weighted by atomic mass is 10.0. The van der Waals surface area contributed by atoms with E-state index in [4.69, 9.17) is 0 Å². The highest BCUT2D eigenvalue weighted by atomic mass is 32.1. The third kappa shape index (κ3) is 5.08. The highest BCUT2D eigenvalue weighted by molar-refractivity contribution is 7.10. The smallest absolute Gasteiger partial charge is 0.302 e. The summed E-state index contributed by atoms with van der Waals surface area (Å²) in [5.41, 5.74) is 0.870. The molecule has 1 aliphatic rings. The SMILES string of the molecule is O=C1CC[C@H](C=CC(O)C(F)(F)c2ccccc2)N1Cc1cc(CCc2nn[nH]n2)cs1. The quantitative estimate of drug-likeness (QED) is 0.479. The molecule has 10 heteroatoms. The van der Waals surface area contributed by atoms with Crippen LogP contribution in [-0.4, -0.2) is 48.7 Å². The first-order chi connectivity index (χ1) is 15.4. The summed E-state index contributed by atoms with van der Waals surface area (Å²) in [4.78, 5) is 15.1. The maximum Gasteiger partial charge on any atom is 0.302 e. The summed E-state index contributed by atoms with van der Waals surface area (Å²) < 4.78 is 29.1. The van der Waals surface area contributed by atoms with Gasteiger partial charge in [-0.1, -0.05) is 47.7 Å². The molecule has 0 bridgehead atoms. The number of alkyl halides is 2. The summed E-state index contributed by atoms with van der Waals surface area (Å²) in [5.74, 6) is -2.79. The predicted octanol–water partition coefficient (Wildman–Crippen LogP) is 3.25. The standard InChI is InChI=1S/C22H23F2N5O2S/c23-22(24,16-4-2-1-3-5-16)19(30)9-7-17-8-11-21(31)29(17)13-18-12-15(14-32-18)6-10-20-25-27-28-26-20/h1-5,7,9,12,14,17,19,30H,6,8,10-11,13H2,(H,25,26,27,28)/t17-,19?/m0/s1. The summed E-state index contributed by atoms with van der Waals surface area (Å²) in [6.45, 7) is 0.409. The summed E-state index contributed by atoms with van der Waals surface area (Å²) in [5, 5.41) is 26.0. The Morgan fingerprint density at radius 1 is 1.31 bits per heavy atom. The van der Waals surface area contributed by atoms with E-state index in [0.29, 0.717) is 31.6 Å². The van der Waals surface area contributed by atoms with Crippen molar-refractivity contribution in [2.45, 2.75) is 50.3 Å². The monoisotopic (exact) mass is 459 g/mol. The largest absolute Gasteiger partial charge is 0.382 e. The van der Waals surface area contributed by atoms with E-state index in [2.05, 4.69) is 20.6 Å². The van der Waals surface area contributed by atoms with Crippen molar-refractivity contribution in [3.8, 4) is 0 Å². The number of hydrogen-bond donors (Lipinski definition) is 2. The van der Waals surface area contributed by atoms with Crippen molar-refractivity contribution < 1.29 is 18.7 Å². The molecule has 1 fully saturated rings. The predicted molar refractivity (Wildman–Crippen MR) is 115 cm³/mol. The van der Waals surface area contributed by atoms with Crippen LogP contribution in [0.5, 0.6) is 0 Å². The van der Waals surface area contributed by atoms with Crippen LogP contribution in [0.15, 0.2) is 53.9 Å². The highest BCUT2D eigenvalue weighted by Crippen LogP contribution is 2.33. The third-order valence-corrected chi connectivity index (χ3v) is 6.45. The molecule has 4 rings (SSSR count). The first kappa shape index (κ1) is 22.2. The normalized spacial score (nSPS) is 18.0. The Labute approximate surface area is 187 Å². The Balaban J connectivity index is 1.38. The number of halogens is 2. The fraction of sp³-hybridized carbons (Fsp3) is 0.364. The van der Waals surface area contributed by atoms with Gasteiger partial charge in [0.2, 0.25) is 5.91 Å². The van der Waals surface area contributed by atoms with E-state index in [1.807, 2.05) is 11.4 Å². The highest BCUT2D eigenvalue weighted by Gasteiger charge is 2.39. The molecule has 32 heavy (non-hydrogen) atoms. The lowest BCUT2D eigenvalue weighted by molar-refractivity contribution is -0.128. The minimum Gasteiger partial charge on any atom is -0.382 e. The molecule has 0 saturated carbocycles. The minimum absolute atomic E-state index is 0.0225. The maximum absolute atomic E-state index is 14.5. The molecule has 1 aliphatic heterocycles. The van der Waals surface area contributed by atoms with E-state index in [0.717, 1.165) is 22.9 Å². The number of hydrogen-bond acceptors (Lipinski definition) is 6. The minimum atomic E-state index is -3.41. The van der Waals surface area contributed by atoms with Gasteiger partial charge >= 0.3 is 5.92 Å². The number of likely N-dealkylation sites (tertiary alicyclic amines) is 1. The molecular weight excluding hydrogens is 436 g/mol. The number of benzene rings is 1. The van der Waals surface area contributed by atoms with E-state index in [-0.39, 0.29) is 17.5 Å². The Morgan fingerprint density at radius 2 is 2.12 bits per heavy atom. The summed E-state index contributed by atoms with van der Waals surface area (Å²) in [6, 6.07) is 8.95. The second-order valence-electron chi connectivity index (χ2n) is 7.70. The number of nitrogens with one attached hydrogen (secondary N) is 1. The third-order valence-electron chi connectivity index (χ3n) is 5.48. The number of aliphatic hydroxyl groups excluding tert-OH is 1. The zero-order valence-electron chi connectivity index (χ0n) is 17.2. The number of aryl methyl sites for hydroxylation is 2. The molecule has 1 aromatic carbocycles. The zero-order valence-corrected chi connectivity index (χ0v) is 18.0. The topological polar surface area (TPSA) is 95.0 Å². The van der Waals surface area contributed by atoms with Gasteiger partial charge in [-0.25, -0.2) is 0 Å². The first-order valence-corrected chi connectivity index (χ1v) is 11.2. The summed E-state index contributed by atoms with van der Waals surface area (Å²) in [7, 11) is 0. The Morgan fingerprint density at radius 3 is 2.88 bits per heavy atom. The van der Waals surface area contributed by atoms with Crippen LogP contribution in [0.1, 0.15) is 34.7 Å². The van der Waals surface area contributed by atoms with Crippen LogP contribution in [0.4, 0.5) is 8.78 Å². The second kappa shape index (κ2) is 9.66. The van der Waals surface area contributed by atoms with Gasteiger partial charge in [0.15, 0.2) is 5.82 Å². The van der Waals surface area contributed by atoms with E-state index in [1.165, 1.54) is 30.3 Å². The van der Waals surface area contributed by atoms with Gasteiger partial charge in [0.05, 0.1) is 12.6 Å². The molecule has 2 N–H and O–H groups in total. The number of amides is 1. The van der Waals surface area contributed by atoms with Crippen LogP contribution in [0.3, 0.4) is 0 Å². The number of rotatable bonds is 9. The lowest BCUT2D eigenvalue weighted by Crippen LogP contribution is -2.32. The summed E-state index contributed by atoms with van der Waals surface area (Å²) >= 11 is 1.55. The van der Waals surface area contributed by atoms with Crippen LogP contribution in [-0.2, 0) is 30.1 Å². The van der Waals surface area contributed by atoms with Gasteiger partial charge in [0, 0.05) is 23.3 Å². The van der Waals surface area contributed by atoms with Crippen LogP contribution in [0.25, 0.3) is 0 Å². The average molecular weight is 460 g/mol. The Kier molecular flexibility index (Phi) is 6.71. The van der Waals surface area contributed by atoms with E-state index >= 15 is 0 Å². The second-order valence-corrected chi connectivity index (χ2v) is 8.69. The molecule has 0 aliphatic carbocycles. The molecule has 1 unspecified atom stereocenters. The molecule has 1 amide bonds. The molecule has 168 valence electrons. The zero-order chi connectivity index (χ0) is 22.6. The first-order valence-electron chi connectivity index (χ1n) is 10.3. The molecule has 0 radical (unpaired) electrons. The lowest BCUT2D eigenvalue weighted by Gasteiger charge is -2.24. The summed E-state index contributed by atoms with van der Waals surface area (Å²) in [6.07, 6.45) is 2.97. The fourth-order valence-electron chi connectivity index (χ4n) is 3.70. The van der Waals surface area contributed by atoms with Crippen molar-refractivity contribution in [3.05, 3.63) is 75.8 Å². The Bertz CT molecular complexity index is 1060. The number of carbonyl (C=O) groups excluding carboxylic acids is 1. The molecule has 0 spiro atoms. The van der Waals surface area contributed by atoms with Crippen LogP contribution in [0.2, 0.25) is 0 Å². The molecule has 2 aromatic heterocycles. The number of aromatic nitrogens is 4. The van der Waals surface area contributed by atoms with Crippen molar-refractivity contribution in [2.75, 3.05) is 0 Å². The van der Waals surface area contributed by atoms with Gasteiger partial charge in [0.25, 0.3) is 0 Å². The Hall–Kier alpha value is -2.98. The van der Waals surface area contributed by atoms with Gasteiger partial charge in [-0.05, 0) is 29.9 Å². The van der Waals surface area contributed by atoms with Gasteiger partial charge in [-0.2, -0.15) is 14.0 Å². The van der Waals surface area contributed by atoms with Gasteiger partial charge in [-0.15, -0.1) is 21.5 Å². The number of aromatic amines is 1. The maximum atomic E-state index is 14.5. The molecular formula is C22H23F2N5O2S. The number of carbonyl (C=O) groups is 1. The van der Waals surface area contributed by atoms with E-state index < -0.39 is 12.0 Å². The molecule has 3 heterocycles. The van der Waals surface area contributed by atoms with Gasteiger partial charge < -0.3 is 10.0 Å². The molecule has 7 nitrogen and oxygen atoms in total. The van der Waals surface area contributed by atoms with Crippen molar-refractivity contribution in [1.29, 1.82) is 0 Å². The number of H-pyrrole nitrogens is 1. The number of nitrogens with zero attached hydrogens (tertiary/aromatic N) is 4. The van der Waals surface area contributed by atoms with Crippen molar-refractivity contribution >= 4 is 17.2 Å². The fourth-order valence-corrected chi connectivity index (χ4v) is 4.62. The van der Waals surface area contributed by atoms with Gasteiger partial charge in [0.1, 0.15) is 6.10 Å². The van der Waals surface area contributed by atoms with Gasteiger partial charge in [-0.3, -0.25) is 4.79 Å². The number of thiophene rings is 1. The van der Waals surface area contributed by atoms with Crippen LogP contribution < -0.4 is 0 Å². The van der Waals surface area contributed by atoms with Crippen LogP contribution in [0, 0.1) is 0 Å². The average Bonchev–Trinajstić information content (AvgIpc) is 3.55. The van der Waals surface area contributed by atoms with Crippen molar-refractivity contribution in [3.63, 3.8) is 0 Å². The molecule has 3 aromatic rings. The van der Waals surface area contributed by atoms with E-state index in [9.17, 15) is 18.7 Å².